The number of anilines is 2. The summed E-state index contributed by atoms with van der Waals surface area (Å²) >= 11 is 0. The van der Waals surface area contributed by atoms with Gasteiger partial charge in [0.1, 0.15) is 18.2 Å². The number of nitrogens with one attached hydrogen (secondary N) is 1. The molecule has 0 unspecified atom stereocenters. The van der Waals surface area contributed by atoms with Crippen LogP contribution < -0.4 is 15.0 Å². The average Bonchev–Trinajstić information content (AvgIpc) is 2.85. The van der Waals surface area contributed by atoms with Crippen molar-refractivity contribution in [2.24, 2.45) is 0 Å². The highest BCUT2D eigenvalue weighted by Crippen LogP contribution is 2.36. The summed E-state index contributed by atoms with van der Waals surface area (Å²) in [4.78, 5) is 2.38. The molecule has 2 heterocycles. The van der Waals surface area contributed by atoms with Gasteiger partial charge in [-0.1, -0.05) is 18.2 Å². The van der Waals surface area contributed by atoms with Gasteiger partial charge in [0.25, 0.3) is 0 Å². The Kier molecular flexibility index (Phi) is 5.95. The zero-order chi connectivity index (χ0) is 22.8. The fourth-order valence-electron chi connectivity index (χ4n) is 4.13. The predicted molar refractivity (Wildman–Crippen MR) is 126 cm³/mol. The lowest BCUT2D eigenvalue weighted by Gasteiger charge is -2.29. The average molecular weight is 469 g/mol. The summed E-state index contributed by atoms with van der Waals surface area (Å²) in [6, 6.07) is 16.9. The maximum absolute atomic E-state index is 13.4. The third kappa shape index (κ3) is 4.82. The first-order valence-corrected chi connectivity index (χ1v) is 12.6. The van der Waals surface area contributed by atoms with Crippen LogP contribution in [0.3, 0.4) is 0 Å². The Bertz CT molecular complexity index is 1260. The molecule has 0 radical (unpaired) electrons. The van der Waals surface area contributed by atoms with Crippen LogP contribution in [0.4, 0.5) is 15.8 Å². The normalized spacial score (nSPS) is 16.0. The van der Waals surface area contributed by atoms with Gasteiger partial charge >= 0.3 is 0 Å². The first kappa shape index (κ1) is 21.7. The van der Waals surface area contributed by atoms with Crippen molar-refractivity contribution >= 4 is 21.2 Å². The highest BCUT2D eigenvalue weighted by molar-refractivity contribution is 7.90. The van der Waals surface area contributed by atoms with Crippen LogP contribution in [0.15, 0.2) is 65.6 Å². The number of hydrogen-bond acceptors (Lipinski definition) is 6. The van der Waals surface area contributed by atoms with E-state index < -0.39 is 15.7 Å². The van der Waals surface area contributed by atoms with E-state index in [1.165, 1.54) is 24.3 Å². The predicted octanol–water partition coefficient (Wildman–Crippen LogP) is 4.11. The molecule has 1 saturated heterocycles. The largest absolute Gasteiger partial charge is 0.490 e. The molecule has 33 heavy (non-hydrogen) atoms. The van der Waals surface area contributed by atoms with E-state index in [0.29, 0.717) is 38.5 Å². The fraction of sp³-hybridized carbons (Fsp3) is 0.280. The second-order valence-electron chi connectivity index (χ2n) is 8.19. The van der Waals surface area contributed by atoms with Crippen molar-refractivity contribution in [3.05, 3.63) is 72.0 Å². The molecule has 3 aromatic carbocycles. The molecule has 0 atom stereocenters. The van der Waals surface area contributed by atoms with Gasteiger partial charge in [0, 0.05) is 25.3 Å². The lowest BCUT2D eigenvalue weighted by molar-refractivity contribution is 0.122. The van der Waals surface area contributed by atoms with Crippen molar-refractivity contribution in [3.63, 3.8) is 0 Å². The van der Waals surface area contributed by atoms with Crippen molar-refractivity contribution in [1.82, 2.24) is 0 Å². The van der Waals surface area contributed by atoms with E-state index in [4.69, 9.17) is 9.47 Å². The molecular weight excluding hydrogens is 443 g/mol. The third-order valence-electron chi connectivity index (χ3n) is 5.89. The number of morpholine rings is 1. The standard InChI is InChI=1S/C25H25FN2O4S/c26-21-4-1-18(2-5-21)17-33(29,30)23-14-20(13-22(16-23)28-8-11-31-12-9-28)19-3-6-24-25(15-19)32-10-7-27-24/h1-6,13-16,27H,7-12,17H2. The summed E-state index contributed by atoms with van der Waals surface area (Å²) in [6.45, 7) is 3.92. The van der Waals surface area contributed by atoms with Crippen LogP contribution in [0, 0.1) is 5.82 Å². The summed E-state index contributed by atoms with van der Waals surface area (Å²) in [6.07, 6.45) is 0. The number of hydrogen-bond donors (Lipinski definition) is 1. The molecule has 1 N–H and O–H groups in total. The number of rotatable bonds is 5. The topological polar surface area (TPSA) is 67.9 Å². The van der Waals surface area contributed by atoms with E-state index in [1.807, 2.05) is 24.3 Å². The molecule has 0 spiro atoms. The quantitative estimate of drug-likeness (QED) is 0.608. The summed E-state index contributed by atoms with van der Waals surface area (Å²) in [5.41, 5.74) is 3.99. The molecule has 0 aliphatic carbocycles. The Hall–Kier alpha value is -3.10. The first-order chi connectivity index (χ1) is 16.0. The van der Waals surface area contributed by atoms with E-state index in [1.54, 1.807) is 12.1 Å². The molecule has 0 bridgehead atoms. The lowest BCUT2D eigenvalue weighted by Crippen LogP contribution is -2.36. The second-order valence-corrected chi connectivity index (χ2v) is 10.2. The van der Waals surface area contributed by atoms with Gasteiger partial charge in [0.05, 0.1) is 29.5 Å². The van der Waals surface area contributed by atoms with Crippen molar-refractivity contribution in [3.8, 4) is 16.9 Å². The molecule has 2 aliphatic rings. The highest BCUT2D eigenvalue weighted by Gasteiger charge is 2.21. The lowest BCUT2D eigenvalue weighted by atomic mass is 10.0. The van der Waals surface area contributed by atoms with Crippen molar-refractivity contribution in [1.29, 1.82) is 0 Å². The van der Waals surface area contributed by atoms with Crippen molar-refractivity contribution < 1.29 is 22.3 Å². The SMILES string of the molecule is O=S(=O)(Cc1ccc(F)cc1)c1cc(-c2ccc3c(c2)OCCN3)cc(N2CCOCC2)c1. The van der Waals surface area contributed by atoms with Crippen LogP contribution in [0.1, 0.15) is 5.56 Å². The van der Waals surface area contributed by atoms with E-state index in [2.05, 4.69) is 10.2 Å². The Morgan fingerprint density at radius 1 is 0.909 bits per heavy atom. The summed E-state index contributed by atoms with van der Waals surface area (Å²) < 4.78 is 51.3. The minimum absolute atomic E-state index is 0.198. The van der Waals surface area contributed by atoms with Gasteiger partial charge in [-0.2, -0.15) is 0 Å². The van der Waals surface area contributed by atoms with E-state index in [9.17, 15) is 12.8 Å². The number of halogens is 1. The number of sulfone groups is 1. The van der Waals surface area contributed by atoms with Crippen LogP contribution in [0.5, 0.6) is 5.75 Å². The van der Waals surface area contributed by atoms with Gasteiger partial charge in [-0.3, -0.25) is 0 Å². The Morgan fingerprint density at radius 3 is 2.48 bits per heavy atom. The van der Waals surface area contributed by atoms with Crippen molar-refractivity contribution in [2.45, 2.75) is 10.6 Å². The highest BCUT2D eigenvalue weighted by atomic mass is 32.2. The van der Waals surface area contributed by atoms with E-state index in [-0.39, 0.29) is 10.6 Å². The van der Waals surface area contributed by atoms with Gasteiger partial charge in [-0.05, 0) is 59.2 Å². The summed E-state index contributed by atoms with van der Waals surface area (Å²) in [5.74, 6) is 0.166. The van der Waals surface area contributed by atoms with E-state index >= 15 is 0 Å². The summed E-state index contributed by atoms with van der Waals surface area (Å²) in [5, 5.41) is 3.30. The number of nitrogens with zero attached hydrogens (tertiary/aromatic N) is 1. The van der Waals surface area contributed by atoms with E-state index in [0.717, 1.165) is 34.8 Å². The Balaban J connectivity index is 1.56. The van der Waals surface area contributed by atoms with Gasteiger partial charge in [-0.25, -0.2) is 12.8 Å². The molecular formula is C25H25FN2O4S. The molecule has 2 aliphatic heterocycles. The Labute approximate surface area is 192 Å². The maximum atomic E-state index is 13.4. The fourth-order valence-corrected chi connectivity index (χ4v) is 5.54. The molecule has 0 saturated carbocycles. The van der Waals surface area contributed by atoms with Crippen LogP contribution in [0.25, 0.3) is 11.1 Å². The van der Waals surface area contributed by atoms with Crippen LogP contribution in [0.2, 0.25) is 0 Å². The Morgan fingerprint density at radius 2 is 1.70 bits per heavy atom. The minimum Gasteiger partial charge on any atom is -0.490 e. The summed E-state index contributed by atoms with van der Waals surface area (Å²) in [7, 11) is -3.66. The zero-order valence-corrected chi connectivity index (χ0v) is 18.9. The smallest absolute Gasteiger partial charge is 0.182 e. The molecule has 8 heteroatoms. The molecule has 5 rings (SSSR count). The number of ether oxygens (including phenoxy) is 2. The molecule has 0 amide bonds. The number of fused-ring (bicyclic) bond motifs is 1. The molecule has 6 nitrogen and oxygen atoms in total. The molecule has 172 valence electrons. The zero-order valence-electron chi connectivity index (χ0n) is 18.1. The molecule has 0 aromatic heterocycles. The maximum Gasteiger partial charge on any atom is 0.182 e. The molecule has 3 aromatic rings. The van der Waals surface area contributed by atoms with Gasteiger partial charge in [0.2, 0.25) is 0 Å². The monoisotopic (exact) mass is 468 g/mol. The minimum atomic E-state index is -3.66. The molecule has 1 fully saturated rings. The van der Waals surface area contributed by atoms with Gasteiger partial charge < -0.3 is 19.7 Å². The van der Waals surface area contributed by atoms with Gasteiger partial charge in [-0.15, -0.1) is 0 Å². The van der Waals surface area contributed by atoms with Crippen molar-refractivity contribution in [2.75, 3.05) is 49.7 Å². The number of benzene rings is 3. The second kappa shape index (κ2) is 9.03. The van der Waals surface area contributed by atoms with Crippen LogP contribution in [-0.4, -0.2) is 47.9 Å². The van der Waals surface area contributed by atoms with Gasteiger partial charge in [0.15, 0.2) is 9.84 Å². The third-order valence-corrected chi connectivity index (χ3v) is 7.55. The van der Waals surface area contributed by atoms with Crippen LogP contribution >= 0.6 is 0 Å². The van der Waals surface area contributed by atoms with Crippen LogP contribution in [-0.2, 0) is 20.3 Å². The first-order valence-electron chi connectivity index (χ1n) is 10.9.